The van der Waals surface area contributed by atoms with Crippen LogP contribution in [0.15, 0.2) is 29.4 Å². The molecule has 0 N–H and O–H groups in total. The second-order valence-electron chi connectivity index (χ2n) is 2.98. The van der Waals surface area contributed by atoms with Gasteiger partial charge in [0.25, 0.3) is 0 Å². The molecule has 1 aromatic heterocycles. The minimum Gasteiger partial charge on any atom is -0.461 e. The highest BCUT2D eigenvalue weighted by atomic mass is 16.5. The van der Waals surface area contributed by atoms with Gasteiger partial charge in [-0.2, -0.15) is 0 Å². The summed E-state index contributed by atoms with van der Waals surface area (Å²) in [7, 11) is 0. The van der Waals surface area contributed by atoms with E-state index >= 15 is 0 Å². The molecule has 88 valence electrons. The minimum atomic E-state index is -0.446. The van der Waals surface area contributed by atoms with Gasteiger partial charge in [0.15, 0.2) is 0 Å². The molecule has 17 heavy (non-hydrogen) atoms. The normalized spacial score (nSPS) is 9.94. The van der Waals surface area contributed by atoms with Crippen molar-refractivity contribution < 1.29 is 9.53 Å². The average molecular weight is 232 g/mol. The molecular weight excluding hydrogens is 220 g/mol. The molecule has 0 fully saturated rings. The number of hydrogen-bond donors (Lipinski definition) is 0. The Morgan fingerprint density at radius 1 is 1.65 bits per heavy atom. The number of pyridine rings is 1. The number of nitrogens with zero attached hydrogens (tertiary/aromatic N) is 4. The second-order valence-corrected chi connectivity index (χ2v) is 2.98. The predicted octanol–water partition coefficient (Wildman–Crippen LogP) is 2.58. The Hall–Kier alpha value is -2.33. The highest BCUT2D eigenvalue weighted by Crippen LogP contribution is 2.03. The van der Waals surface area contributed by atoms with Crippen molar-refractivity contribution in [1.29, 1.82) is 0 Å². The Morgan fingerprint density at radius 3 is 3.18 bits per heavy atom. The van der Waals surface area contributed by atoms with Crippen molar-refractivity contribution in [2.45, 2.75) is 6.92 Å². The first-order chi connectivity index (χ1) is 8.27. The van der Waals surface area contributed by atoms with Crippen LogP contribution >= 0.6 is 0 Å². The first kappa shape index (κ1) is 12.7. The van der Waals surface area contributed by atoms with Crippen molar-refractivity contribution in [2.75, 3.05) is 13.2 Å². The molecule has 0 aliphatic heterocycles. The predicted molar refractivity (Wildman–Crippen MR) is 63.2 cm³/mol. The third-order valence-electron chi connectivity index (χ3n) is 1.79. The Balaban J connectivity index is 2.75. The van der Waals surface area contributed by atoms with Crippen LogP contribution in [0, 0.1) is 0 Å². The van der Waals surface area contributed by atoms with E-state index in [1.807, 2.05) is 0 Å². The zero-order valence-electron chi connectivity index (χ0n) is 9.41. The number of rotatable bonds is 5. The summed E-state index contributed by atoms with van der Waals surface area (Å²) in [5.41, 5.74) is 8.96. The van der Waals surface area contributed by atoms with Gasteiger partial charge in [0.1, 0.15) is 5.69 Å². The molecule has 0 aliphatic rings. The lowest BCUT2D eigenvalue weighted by atomic mass is 10.3. The van der Waals surface area contributed by atoms with Gasteiger partial charge >= 0.3 is 5.97 Å². The summed E-state index contributed by atoms with van der Waals surface area (Å²) in [4.78, 5) is 18.1. The van der Waals surface area contributed by atoms with Crippen LogP contribution in [0.3, 0.4) is 0 Å². The molecule has 0 spiro atoms. The van der Waals surface area contributed by atoms with E-state index in [0.717, 1.165) is 0 Å². The van der Waals surface area contributed by atoms with E-state index in [1.54, 1.807) is 37.3 Å². The standard InChI is InChI=1S/C11H12N4O2/c1-2-17-11(16)10-7-3-5-9(14-10)6-4-8-13-15-12/h3-7H,2,8H2,1H3. The Kier molecular flexibility index (Phi) is 5.27. The molecule has 0 bridgehead atoms. The minimum absolute atomic E-state index is 0.252. The van der Waals surface area contributed by atoms with Gasteiger partial charge in [-0.15, -0.1) is 0 Å². The fourth-order valence-corrected chi connectivity index (χ4v) is 1.12. The summed E-state index contributed by atoms with van der Waals surface area (Å²) in [5, 5.41) is 3.35. The summed E-state index contributed by atoms with van der Waals surface area (Å²) in [5.74, 6) is -0.446. The monoisotopic (exact) mass is 232 g/mol. The zero-order chi connectivity index (χ0) is 12.5. The molecule has 6 nitrogen and oxygen atoms in total. The second kappa shape index (κ2) is 7.03. The largest absolute Gasteiger partial charge is 0.461 e. The van der Waals surface area contributed by atoms with Crippen molar-refractivity contribution in [1.82, 2.24) is 4.98 Å². The number of azide groups is 1. The topological polar surface area (TPSA) is 88.0 Å². The van der Waals surface area contributed by atoms with Gasteiger partial charge in [-0.25, -0.2) is 9.78 Å². The van der Waals surface area contributed by atoms with Gasteiger partial charge in [-0.3, -0.25) is 0 Å². The third-order valence-corrected chi connectivity index (χ3v) is 1.79. The number of aromatic nitrogens is 1. The maximum absolute atomic E-state index is 11.4. The van der Waals surface area contributed by atoms with Gasteiger partial charge in [0, 0.05) is 11.5 Å². The molecule has 0 saturated heterocycles. The first-order valence-corrected chi connectivity index (χ1v) is 5.09. The molecule has 0 unspecified atom stereocenters. The van der Waals surface area contributed by atoms with Crippen molar-refractivity contribution >= 4 is 12.0 Å². The molecule has 1 aromatic rings. The molecule has 1 heterocycles. The SMILES string of the molecule is CCOC(=O)c1cccc(C=CCN=[N+]=[N-])n1. The van der Waals surface area contributed by atoms with E-state index < -0.39 is 5.97 Å². The van der Waals surface area contributed by atoms with Crippen molar-refractivity contribution in [3.63, 3.8) is 0 Å². The number of hydrogen-bond acceptors (Lipinski definition) is 4. The number of esters is 1. The van der Waals surface area contributed by atoms with Crippen LogP contribution in [-0.2, 0) is 4.74 Å². The lowest BCUT2D eigenvalue weighted by Gasteiger charge is -2.01. The number of carbonyl (C=O) groups excluding carboxylic acids is 1. The van der Waals surface area contributed by atoms with E-state index in [9.17, 15) is 4.79 Å². The average Bonchev–Trinajstić information content (AvgIpc) is 2.35. The quantitative estimate of drug-likeness (QED) is 0.338. The molecule has 0 aliphatic carbocycles. The van der Waals surface area contributed by atoms with Gasteiger partial charge in [-0.1, -0.05) is 17.3 Å². The summed E-state index contributed by atoms with van der Waals surface area (Å²) >= 11 is 0. The fraction of sp³-hybridized carbons (Fsp3) is 0.273. The zero-order valence-corrected chi connectivity index (χ0v) is 9.41. The number of ether oxygens (including phenoxy) is 1. The van der Waals surface area contributed by atoms with Crippen molar-refractivity contribution in [3.8, 4) is 0 Å². The lowest BCUT2D eigenvalue weighted by Crippen LogP contribution is -2.07. The van der Waals surface area contributed by atoms with Crippen LogP contribution in [0.1, 0.15) is 23.1 Å². The van der Waals surface area contributed by atoms with Crippen LogP contribution in [0.4, 0.5) is 0 Å². The van der Waals surface area contributed by atoms with Gasteiger partial charge < -0.3 is 4.74 Å². The molecule has 0 saturated carbocycles. The molecule has 0 amide bonds. The van der Waals surface area contributed by atoms with E-state index in [-0.39, 0.29) is 12.2 Å². The molecule has 6 heteroatoms. The van der Waals surface area contributed by atoms with Crippen LogP contribution in [0.2, 0.25) is 0 Å². The summed E-state index contributed by atoms with van der Waals surface area (Å²) in [6, 6.07) is 5.05. The summed E-state index contributed by atoms with van der Waals surface area (Å²) < 4.78 is 4.83. The maximum Gasteiger partial charge on any atom is 0.356 e. The Labute approximate surface area is 98.6 Å². The van der Waals surface area contributed by atoms with E-state index in [0.29, 0.717) is 12.3 Å². The van der Waals surface area contributed by atoms with Gasteiger partial charge in [0.2, 0.25) is 0 Å². The molecule has 0 atom stereocenters. The lowest BCUT2D eigenvalue weighted by molar-refractivity contribution is 0.0519. The number of carbonyl (C=O) groups is 1. The molecular formula is C11H12N4O2. The Morgan fingerprint density at radius 2 is 2.47 bits per heavy atom. The van der Waals surface area contributed by atoms with E-state index in [1.165, 1.54) is 0 Å². The third kappa shape index (κ3) is 4.36. The molecule has 1 rings (SSSR count). The smallest absolute Gasteiger partial charge is 0.356 e. The molecule has 0 aromatic carbocycles. The van der Waals surface area contributed by atoms with Gasteiger partial charge in [0.05, 0.1) is 12.3 Å². The van der Waals surface area contributed by atoms with Crippen LogP contribution in [0.25, 0.3) is 16.5 Å². The summed E-state index contributed by atoms with van der Waals surface area (Å²) in [6.45, 7) is 2.31. The van der Waals surface area contributed by atoms with Crippen molar-refractivity contribution in [3.05, 3.63) is 46.1 Å². The van der Waals surface area contributed by atoms with Crippen LogP contribution in [-0.4, -0.2) is 24.1 Å². The van der Waals surface area contributed by atoms with E-state index in [2.05, 4.69) is 15.0 Å². The van der Waals surface area contributed by atoms with E-state index in [4.69, 9.17) is 10.3 Å². The first-order valence-electron chi connectivity index (χ1n) is 5.09. The van der Waals surface area contributed by atoms with Gasteiger partial charge in [-0.05, 0) is 30.7 Å². The Bertz CT molecular complexity index is 464. The molecule has 0 radical (unpaired) electrons. The van der Waals surface area contributed by atoms with Crippen LogP contribution < -0.4 is 0 Å². The summed E-state index contributed by atoms with van der Waals surface area (Å²) in [6.07, 6.45) is 3.34. The fourth-order valence-electron chi connectivity index (χ4n) is 1.12. The highest BCUT2D eigenvalue weighted by Gasteiger charge is 2.07. The van der Waals surface area contributed by atoms with Crippen molar-refractivity contribution in [2.24, 2.45) is 5.11 Å². The maximum atomic E-state index is 11.4. The highest BCUT2D eigenvalue weighted by molar-refractivity contribution is 5.87. The van der Waals surface area contributed by atoms with Crippen LogP contribution in [0.5, 0.6) is 0 Å².